The van der Waals surface area contributed by atoms with E-state index in [1.54, 1.807) is 7.05 Å². The molecule has 0 spiro atoms. The number of aryl methyl sites for hydroxylation is 1. The molecule has 0 heterocycles. The predicted octanol–water partition coefficient (Wildman–Crippen LogP) is 3.29. The van der Waals surface area contributed by atoms with Gasteiger partial charge in [-0.2, -0.15) is 11.8 Å². The monoisotopic (exact) mass is 370 g/mol. The zero-order valence-corrected chi connectivity index (χ0v) is 16.2. The van der Waals surface area contributed by atoms with E-state index in [4.69, 9.17) is 11.6 Å². The first kappa shape index (κ1) is 20.6. The van der Waals surface area contributed by atoms with Crippen molar-refractivity contribution in [3.63, 3.8) is 0 Å². The average Bonchev–Trinajstić information content (AvgIpc) is 2.55. The minimum Gasteiger partial charge on any atom is -0.356 e. The molecule has 1 amide bonds. The van der Waals surface area contributed by atoms with Crippen molar-refractivity contribution < 1.29 is 4.79 Å². The van der Waals surface area contributed by atoms with Crippen molar-refractivity contribution in [2.24, 2.45) is 4.99 Å². The fourth-order valence-corrected chi connectivity index (χ4v) is 2.80. The zero-order chi connectivity index (χ0) is 17.8. The molecular weight excluding hydrogens is 344 g/mol. The largest absolute Gasteiger partial charge is 0.356 e. The molecule has 0 bridgehead atoms. The Labute approximate surface area is 154 Å². The second kappa shape index (κ2) is 12.0. The molecular formula is C17H27ClN4OS. The van der Waals surface area contributed by atoms with Crippen molar-refractivity contribution in [2.75, 3.05) is 37.5 Å². The van der Waals surface area contributed by atoms with Gasteiger partial charge in [-0.25, -0.2) is 0 Å². The number of unbranched alkanes of at least 4 members (excludes halogenated alkanes) is 1. The number of anilines is 1. The lowest BCUT2D eigenvalue weighted by Crippen LogP contribution is -2.39. The summed E-state index contributed by atoms with van der Waals surface area (Å²) in [7, 11) is 1.73. The minimum absolute atomic E-state index is 0.0799. The summed E-state index contributed by atoms with van der Waals surface area (Å²) in [6.45, 7) is 3.35. The van der Waals surface area contributed by atoms with Crippen molar-refractivity contribution in [2.45, 2.75) is 26.2 Å². The highest BCUT2D eigenvalue weighted by atomic mass is 35.5. The standard InChI is InChI=1S/C17H27ClN4OS/c1-13-6-7-15(14(18)12-13)22-16(23)8-10-21-17(19-2)20-9-4-5-11-24-3/h6-7,12H,4-5,8-11H2,1-3H3,(H,22,23)(H2,19,20,21). The van der Waals surface area contributed by atoms with Gasteiger partial charge >= 0.3 is 0 Å². The third-order valence-corrected chi connectivity index (χ3v) is 4.34. The first-order chi connectivity index (χ1) is 11.6. The maximum atomic E-state index is 12.0. The van der Waals surface area contributed by atoms with Gasteiger partial charge in [-0.1, -0.05) is 17.7 Å². The Bertz CT molecular complexity index is 551. The molecule has 24 heavy (non-hydrogen) atoms. The van der Waals surface area contributed by atoms with Gasteiger partial charge in [-0.15, -0.1) is 0 Å². The van der Waals surface area contributed by atoms with Crippen LogP contribution in [0.25, 0.3) is 0 Å². The van der Waals surface area contributed by atoms with Gasteiger partial charge < -0.3 is 16.0 Å². The number of thioether (sulfide) groups is 1. The van der Waals surface area contributed by atoms with Crippen molar-refractivity contribution in [1.29, 1.82) is 0 Å². The SMILES string of the molecule is CN=C(NCCCCSC)NCCC(=O)Nc1ccc(C)cc1Cl. The number of hydrogen-bond acceptors (Lipinski definition) is 3. The molecule has 0 unspecified atom stereocenters. The Balaban J connectivity index is 2.26. The van der Waals surface area contributed by atoms with Gasteiger partial charge in [0.15, 0.2) is 5.96 Å². The van der Waals surface area contributed by atoms with Gasteiger partial charge in [-0.05, 0) is 49.5 Å². The fourth-order valence-electron chi connectivity index (χ4n) is 2.03. The minimum atomic E-state index is -0.0799. The van der Waals surface area contributed by atoms with Gasteiger partial charge in [-0.3, -0.25) is 9.79 Å². The molecule has 134 valence electrons. The highest BCUT2D eigenvalue weighted by Crippen LogP contribution is 2.22. The Morgan fingerprint density at radius 1 is 1.25 bits per heavy atom. The summed E-state index contributed by atoms with van der Waals surface area (Å²) < 4.78 is 0. The molecule has 1 rings (SSSR count). The smallest absolute Gasteiger partial charge is 0.226 e. The van der Waals surface area contributed by atoms with Crippen LogP contribution in [0.1, 0.15) is 24.8 Å². The van der Waals surface area contributed by atoms with Crippen LogP contribution in [0.2, 0.25) is 5.02 Å². The number of benzene rings is 1. The number of nitrogens with zero attached hydrogens (tertiary/aromatic N) is 1. The Kier molecular flexibility index (Phi) is 10.4. The van der Waals surface area contributed by atoms with E-state index in [1.807, 2.05) is 36.9 Å². The summed E-state index contributed by atoms with van der Waals surface area (Å²) in [6, 6.07) is 5.57. The van der Waals surface area contributed by atoms with Gasteiger partial charge in [0.2, 0.25) is 5.91 Å². The second-order valence-electron chi connectivity index (χ2n) is 5.41. The molecule has 0 aliphatic heterocycles. The summed E-state index contributed by atoms with van der Waals surface area (Å²) in [5.74, 6) is 1.82. The van der Waals surface area contributed by atoms with Crippen LogP contribution >= 0.6 is 23.4 Å². The molecule has 0 aliphatic carbocycles. The summed E-state index contributed by atoms with van der Waals surface area (Å²) in [6.07, 6.45) is 4.75. The molecule has 7 heteroatoms. The Hall–Kier alpha value is -1.40. The molecule has 0 aliphatic rings. The topological polar surface area (TPSA) is 65.5 Å². The van der Waals surface area contributed by atoms with E-state index in [1.165, 1.54) is 12.2 Å². The van der Waals surface area contributed by atoms with Gasteiger partial charge in [0.05, 0.1) is 10.7 Å². The summed E-state index contributed by atoms with van der Waals surface area (Å²) >= 11 is 7.97. The molecule has 0 atom stereocenters. The van der Waals surface area contributed by atoms with Crippen molar-refractivity contribution in [3.05, 3.63) is 28.8 Å². The van der Waals surface area contributed by atoms with E-state index in [-0.39, 0.29) is 5.91 Å². The zero-order valence-electron chi connectivity index (χ0n) is 14.6. The van der Waals surface area contributed by atoms with E-state index in [2.05, 4.69) is 27.2 Å². The lowest BCUT2D eigenvalue weighted by molar-refractivity contribution is -0.116. The number of rotatable bonds is 9. The van der Waals surface area contributed by atoms with Crippen LogP contribution in [0.5, 0.6) is 0 Å². The predicted molar refractivity (Wildman–Crippen MR) is 106 cm³/mol. The summed E-state index contributed by atoms with van der Waals surface area (Å²) in [4.78, 5) is 16.1. The van der Waals surface area contributed by atoms with E-state index >= 15 is 0 Å². The number of guanidine groups is 1. The number of carbonyl (C=O) groups excluding carboxylic acids is 1. The van der Waals surface area contributed by atoms with E-state index in [0.29, 0.717) is 23.7 Å². The highest BCUT2D eigenvalue weighted by molar-refractivity contribution is 7.98. The Morgan fingerprint density at radius 3 is 2.67 bits per heavy atom. The number of aliphatic imine (C=N–C) groups is 1. The first-order valence-corrected chi connectivity index (χ1v) is 9.83. The second-order valence-corrected chi connectivity index (χ2v) is 6.80. The number of amides is 1. The van der Waals surface area contributed by atoms with E-state index in [0.717, 1.165) is 24.5 Å². The summed E-state index contributed by atoms with van der Waals surface area (Å²) in [5.41, 5.74) is 1.70. The molecule has 0 fully saturated rings. The maximum absolute atomic E-state index is 12.0. The van der Waals surface area contributed by atoms with E-state index in [9.17, 15) is 4.79 Å². The molecule has 3 N–H and O–H groups in total. The molecule has 0 radical (unpaired) electrons. The first-order valence-electron chi connectivity index (χ1n) is 8.06. The van der Waals surface area contributed by atoms with E-state index < -0.39 is 0 Å². The average molecular weight is 371 g/mol. The number of nitrogens with one attached hydrogen (secondary N) is 3. The van der Waals surface area contributed by atoms with Crippen molar-refractivity contribution in [1.82, 2.24) is 10.6 Å². The van der Waals surface area contributed by atoms with Gasteiger partial charge in [0.25, 0.3) is 0 Å². The summed E-state index contributed by atoms with van der Waals surface area (Å²) in [5, 5.41) is 9.76. The lowest BCUT2D eigenvalue weighted by atomic mass is 10.2. The van der Waals surface area contributed by atoms with Gasteiger partial charge in [0.1, 0.15) is 0 Å². The third-order valence-electron chi connectivity index (χ3n) is 3.33. The molecule has 0 aromatic heterocycles. The van der Waals surface area contributed by atoms with Crippen LogP contribution < -0.4 is 16.0 Å². The molecule has 1 aromatic rings. The number of halogens is 1. The lowest BCUT2D eigenvalue weighted by Gasteiger charge is -2.12. The molecule has 1 aromatic carbocycles. The van der Waals surface area contributed by atoms with Crippen LogP contribution in [0.4, 0.5) is 5.69 Å². The quantitative estimate of drug-likeness (QED) is 0.354. The Morgan fingerprint density at radius 2 is 2.00 bits per heavy atom. The number of hydrogen-bond donors (Lipinski definition) is 3. The highest BCUT2D eigenvalue weighted by Gasteiger charge is 2.06. The normalized spacial score (nSPS) is 11.2. The van der Waals surface area contributed by atoms with Crippen LogP contribution in [0.15, 0.2) is 23.2 Å². The maximum Gasteiger partial charge on any atom is 0.226 e. The fraction of sp³-hybridized carbons (Fsp3) is 0.529. The van der Waals surface area contributed by atoms with Crippen LogP contribution in [-0.2, 0) is 4.79 Å². The molecule has 0 saturated carbocycles. The van der Waals surface area contributed by atoms with Crippen LogP contribution in [-0.4, -0.2) is 44.0 Å². The van der Waals surface area contributed by atoms with Crippen LogP contribution in [0, 0.1) is 6.92 Å². The molecule has 5 nitrogen and oxygen atoms in total. The van der Waals surface area contributed by atoms with Crippen molar-refractivity contribution in [3.8, 4) is 0 Å². The van der Waals surface area contributed by atoms with Crippen molar-refractivity contribution >= 4 is 40.9 Å². The number of carbonyl (C=O) groups is 1. The van der Waals surface area contributed by atoms with Crippen LogP contribution in [0.3, 0.4) is 0 Å². The molecule has 0 saturated heterocycles. The van der Waals surface area contributed by atoms with Gasteiger partial charge in [0, 0.05) is 26.6 Å². The third kappa shape index (κ3) is 8.45.